The van der Waals surface area contributed by atoms with Crippen LogP contribution in [0.25, 0.3) is 0 Å². The summed E-state index contributed by atoms with van der Waals surface area (Å²) in [6.45, 7) is 8.93. The fourth-order valence-corrected chi connectivity index (χ4v) is 2.68. The van der Waals surface area contributed by atoms with Crippen LogP contribution in [0.3, 0.4) is 0 Å². The summed E-state index contributed by atoms with van der Waals surface area (Å²) in [5.74, 6) is 0.130. The van der Waals surface area contributed by atoms with Crippen molar-refractivity contribution in [1.29, 1.82) is 0 Å². The van der Waals surface area contributed by atoms with Gasteiger partial charge in [-0.1, -0.05) is 6.92 Å². The molecule has 0 radical (unpaired) electrons. The van der Waals surface area contributed by atoms with Gasteiger partial charge in [0.2, 0.25) is 5.91 Å². The number of hydrogen-bond donors (Lipinski definition) is 2. The molecule has 4 nitrogen and oxygen atoms in total. The molecule has 1 aliphatic heterocycles. The zero-order chi connectivity index (χ0) is 12.9. The topological polar surface area (TPSA) is 58.4 Å². The van der Waals surface area contributed by atoms with E-state index in [2.05, 4.69) is 31.0 Å². The normalized spacial score (nSPS) is 21.4. The van der Waals surface area contributed by atoms with Gasteiger partial charge < -0.3 is 11.1 Å². The minimum absolute atomic E-state index is 0.130. The lowest BCUT2D eigenvalue weighted by atomic mass is 9.99. The highest BCUT2D eigenvalue weighted by Crippen LogP contribution is 2.30. The van der Waals surface area contributed by atoms with Gasteiger partial charge in [-0.25, -0.2) is 0 Å². The van der Waals surface area contributed by atoms with Crippen LogP contribution in [0.1, 0.15) is 46.5 Å². The van der Waals surface area contributed by atoms with Gasteiger partial charge in [0, 0.05) is 31.1 Å². The molecule has 0 spiro atoms. The fraction of sp³-hybridized carbons (Fsp3) is 0.923. The third kappa shape index (κ3) is 3.96. The monoisotopic (exact) mass is 241 g/mol. The molecule has 0 aromatic rings. The first-order valence-corrected chi connectivity index (χ1v) is 6.74. The number of carbonyl (C=O) groups excluding carboxylic acids is 1. The van der Waals surface area contributed by atoms with Gasteiger partial charge in [0.25, 0.3) is 0 Å². The van der Waals surface area contributed by atoms with Crippen LogP contribution in [-0.4, -0.2) is 42.0 Å². The molecule has 0 bridgehead atoms. The summed E-state index contributed by atoms with van der Waals surface area (Å²) in [7, 11) is 0. The number of rotatable bonds is 6. The van der Waals surface area contributed by atoms with Crippen LogP contribution in [0.2, 0.25) is 0 Å². The van der Waals surface area contributed by atoms with E-state index in [1.807, 2.05) is 0 Å². The Hall–Kier alpha value is -0.610. The van der Waals surface area contributed by atoms with Crippen LogP contribution in [0.5, 0.6) is 0 Å². The summed E-state index contributed by atoms with van der Waals surface area (Å²) in [6, 6.07) is 0.185. The SMILES string of the molecule is CCCNC(=O)CC(CN)N1CCCC1(C)C. The van der Waals surface area contributed by atoms with Gasteiger partial charge in [0.05, 0.1) is 0 Å². The molecule has 1 amide bonds. The van der Waals surface area contributed by atoms with Crippen molar-refractivity contribution in [1.82, 2.24) is 10.2 Å². The number of amides is 1. The molecule has 100 valence electrons. The van der Waals surface area contributed by atoms with Crippen LogP contribution in [0, 0.1) is 0 Å². The lowest BCUT2D eigenvalue weighted by Crippen LogP contribution is -2.50. The van der Waals surface area contributed by atoms with Gasteiger partial charge in [0.1, 0.15) is 0 Å². The van der Waals surface area contributed by atoms with Crippen molar-refractivity contribution in [2.24, 2.45) is 5.73 Å². The van der Waals surface area contributed by atoms with Gasteiger partial charge >= 0.3 is 0 Å². The Kier molecular flexibility index (Phi) is 5.40. The molecule has 4 heteroatoms. The third-order valence-corrected chi connectivity index (χ3v) is 3.67. The molecular formula is C13H27N3O. The van der Waals surface area contributed by atoms with E-state index in [-0.39, 0.29) is 17.5 Å². The summed E-state index contributed by atoms with van der Waals surface area (Å²) < 4.78 is 0. The van der Waals surface area contributed by atoms with E-state index >= 15 is 0 Å². The second-order valence-electron chi connectivity index (χ2n) is 5.55. The molecule has 0 aromatic carbocycles. The summed E-state index contributed by atoms with van der Waals surface area (Å²) in [5, 5.41) is 2.93. The van der Waals surface area contributed by atoms with Crippen LogP contribution in [-0.2, 0) is 4.79 Å². The molecule has 1 saturated heterocycles. The quantitative estimate of drug-likeness (QED) is 0.732. The predicted octanol–water partition coefficient (Wildman–Crippen LogP) is 1.10. The number of nitrogens with two attached hydrogens (primary N) is 1. The van der Waals surface area contributed by atoms with Crippen LogP contribution in [0.15, 0.2) is 0 Å². The first-order chi connectivity index (χ1) is 8.01. The Morgan fingerprint density at radius 2 is 2.24 bits per heavy atom. The van der Waals surface area contributed by atoms with E-state index in [4.69, 9.17) is 5.73 Å². The highest BCUT2D eigenvalue weighted by molar-refractivity contribution is 5.76. The summed E-state index contributed by atoms with van der Waals surface area (Å²) in [5.41, 5.74) is 6.02. The first kappa shape index (κ1) is 14.5. The number of nitrogens with one attached hydrogen (secondary N) is 1. The van der Waals surface area contributed by atoms with E-state index in [0.717, 1.165) is 19.5 Å². The number of carbonyl (C=O) groups is 1. The average Bonchev–Trinajstić information content (AvgIpc) is 2.63. The largest absolute Gasteiger partial charge is 0.356 e. The van der Waals surface area contributed by atoms with Crippen molar-refractivity contribution < 1.29 is 4.79 Å². The maximum Gasteiger partial charge on any atom is 0.221 e. The minimum atomic E-state index is 0.130. The molecule has 17 heavy (non-hydrogen) atoms. The van der Waals surface area contributed by atoms with Gasteiger partial charge in [0.15, 0.2) is 0 Å². The Morgan fingerprint density at radius 3 is 2.71 bits per heavy atom. The van der Waals surface area contributed by atoms with Crippen LogP contribution < -0.4 is 11.1 Å². The van der Waals surface area contributed by atoms with E-state index in [1.54, 1.807) is 0 Å². The summed E-state index contributed by atoms with van der Waals surface area (Å²) >= 11 is 0. The smallest absolute Gasteiger partial charge is 0.221 e. The van der Waals surface area contributed by atoms with Crippen molar-refractivity contribution in [2.45, 2.75) is 58.0 Å². The maximum atomic E-state index is 11.7. The third-order valence-electron chi connectivity index (χ3n) is 3.67. The second kappa shape index (κ2) is 6.36. The van der Waals surface area contributed by atoms with E-state index in [0.29, 0.717) is 13.0 Å². The highest BCUT2D eigenvalue weighted by Gasteiger charge is 2.36. The van der Waals surface area contributed by atoms with Crippen molar-refractivity contribution in [3.63, 3.8) is 0 Å². The molecule has 1 unspecified atom stereocenters. The van der Waals surface area contributed by atoms with Crippen molar-refractivity contribution in [3.05, 3.63) is 0 Å². The van der Waals surface area contributed by atoms with Crippen molar-refractivity contribution >= 4 is 5.91 Å². The Bertz CT molecular complexity index is 253. The predicted molar refractivity (Wildman–Crippen MR) is 70.8 cm³/mol. The van der Waals surface area contributed by atoms with Crippen molar-refractivity contribution in [3.8, 4) is 0 Å². The lowest BCUT2D eigenvalue weighted by molar-refractivity contribution is -0.122. The molecule has 0 saturated carbocycles. The average molecular weight is 241 g/mol. The van der Waals surface area contributed by atoms with Crippen molar-refractivity contribution in [2.75, 3.05) is 19.6 Å². The molecule has 1 rings (SSSR count). The van der Waals surface area contributed by atoms with E-state index in [9.17, 15) is 4.79 Å². The lowest BCUT2D eigenvalue weighted by Gasteiger charge is -2.37. The Morgan fingerprint density at radius 1 is 1.53 bits per heavy atom. The number of hydrogen-bond acceptors (Lipinski definition) is 3. The fourth-order valence-electron chi connectivity index (χ4n) is 2.68. The summed E-state index contributed by atoms with van der Waals surface area (Å²) in [4.78, 5) is 14.1. The Balaban J connectivity index is 2.50. The zero-order valence-corrected chi connectivity index (χ0v) is 11.5. The van der Waals surface area contributed by atoms with Crippen LogP contribution in [0.4, 0.5) is 0 Å². The van der Waals surface area contributed by atoms with Gasteiger partial charge in [-0.15, -0.1) is 0 Å². The van der Waals surface area contributed by atoms with E-state index in [1.165, 1.54) is 12.8 Å². The zero-order valence-electron chi connectivity index (χ0n) is 11.5. The molecular weight excluding hydrogens is 214 g/mol. The number of likely N-dealkylation sites (tertiary alicyclic amines) is 1. The standard InChI is InChI=1S/C13H27N3O/c1-4-7-15-12(17)9-11(10-14)16-8-5-6-13(16,2)3/h11H,4-10,14H2,1-3H3,(H,15,17). The number of nitrogens with zero attached hydrogens (tertiary/aromatic N) is 1. The molecule has 0 aromatic heterocycles. The van der Waals surface area contributed by atoms with Gasteiger partial charge in [-0.05, 0) is 39.7 Å². The molecule has 1 fully saturated rings. The first-order valence-electron chi connectivity index (χ1n) is 6.74. The van der Waals surface area contributed by atoms with Gasteiger partial charge in [-0.3, -0.25) is 9.69 Å². The minimum Gasteiger partial charge on any atom is -0.356 e. The second-order valence-corrected chi connectivity index (χ2v) is 5.55. The molecule has 1 aliphatic rings. The van der Waals surface area contributed by atoms with E-state index < -0.39 is 0 Å². The highest BCUT2D eigenvalue weighted by atomic mass is 16.1. The maximum absolute atomic E-state index is 11.7. The molecule has 0 aliphatic carbocycles. The molecule has 1 atom stereocenters. The summed E-state index contributed by atoms with van der Waals surface area (Å²) in [6.07, 6.45) is 3.91. The van der Waals surface area contributed by atoms with Gasteiger partial charge in [-0.2, -0.15) is 0 Å². The molecule has 3 N–H and O–H groups in total. The Labute approximate surface area is 105 Å². The molecule has 1 heterocycles. The van der Waals surface area contributed by atoms with Crippen LogP contribution >= 0.6 is 0 Å².